The van der Waals surface area contributed by atoms with E-state index in [4.69, 9.17) is 15.6 Å². The van der Waals surface area contributed by atoms with Gasteiger partial charge < -0.3 is 15.6 Å². The summed E-state index contributed by atoms with van der Waals surface area (Å²) in [4.78, 5) is 10.6. The van der Waals surface area contributed by atoms with Crippen LogP contribution in [-0.4, -0.2) is 30.3 Å². The molecule has 1 atom stereocenters. The van der Waals surface area contributed by atoms with Crippen LogP contribution < -0.4 is 5.73 Å². The summed E-state index contributed by atoms with van der Waals surface area (Å²) in [7, 11) is 0. The molecular weight excluding hydrogens is 242 g/mol. The topological polar surface area (TPSA) is 72.5 Å². The fourth-order valence-electron chi connectivity index (χ4n) is 1.84. The Morgan fingerprint density at radius 3 is 2.37 bits per heavy atom. The minimum atomic E-state index is -0.937. The minimum absolute atomic E-state index is 0.471. The van der Waals surface area contributed by atoms with Crippen LogP contribution >= 0.6 is 0 Å². The van der Waals surface area contributed by atoms with Crippen molar-refractivity contribution in [2.24, 2.45) is 5.73 Å². The van der Waals surface area contributed by atoms with Gasteiger partial charge in [0.15, 0.2) is 0 Å². The molecule has 0 heterocycles. The van der Waals surface area contributed by atoms with Gasteiger partial charge in [-0.1, -0.05) is 24.3 Å². The Hall–Kier alpha value is -1.39. The van der Waals surface area contributed by atoms with Gasteiger partial charge in [0, 0.05) is 13.2 Å². The molecule has 0 amide bonds. The molecule has 1 aromatic carbocycles. The lowest BCUT2D eigenvalue weighted by atomic mass is 10.0. The van der Waals surface area contributed by atoms with Gasteiger partial charge in [0.25, 0.3) is 0 Å². The van der Waals surface area contributed by atoms with Crippen molar-refractivity contribution < 1.29 is 14.6 Å². The molecule has 0 bridgehead atoms. The van der Waals surface area contributed by atoms with E-state index in [2.05, 4.69) is 12.1 Å². The highest BCUT2D eigenvalue weighted by Crippen LogP contribution is 2.09. The van der Waals surface area contributed by atoms with Crippen LogP contribution in [0.3, 0.4) is 0 Å². The third kappa shape index (κ3) is 6.36. The third-order valence-electron chi connectivity index (χ3n) is 3.04. The Kier molecular flexibility index (Phi) is 7.15. The molecular formula is C15H23NO3. The second-order valence-electron chi connectivity index (χ2n) is 4.60. The molecule has 0 aliphatic carbocycles. The first-order valence-electron chi connectivity index (χ1n) is 6.77. The van der Waals surface area contributed by atoms with Crippen LogP contribution in [0.2, 0.25) is 0 Å². The lowest BCUT2D eigenvalue weighted by Gasteiger charge is -2.07. The summed E-state index contributed by atoms with van der Waals surface area (Å²) in [6.45, 7) is 3.56. The zero-order chi connectivity index (χ0) is 14.1. The first-order chi connectivity index (χ1) is 9.13. The van der Waals surface area contributed by atoms with Crippen molar-refractivity contribution in [3.8, 4) is 0 Å². The van der Waals surface area contributed by atoms with Gasteiger partial charge in [0.2, 0.25) is 0 Å². The summed E-state index contributed by atoms with van der Waals surface area (Å²) in [6, 6.07) is 7.50. The van der Waals surface area contributed by atoms with Crippen molar-refractivity contribution in [3.63, 3.8) is 0 Å². The molecule has 1 rings (SSSR count). The third-order valence-corrected chi connectivity index (χ3v) is 3.04. The zero-order valence-corrected chi connectivity index (χ0v) is 11.5. The largest absolute Gasteiger partial charge is 0.480 e. The van der Waals surface area contributed by atoms with Crippen LogP contribution in [0.1, 0.15) is 30.9 Å². The molecule has 3 N–H and O–H groups in total. The number of carboxylic acids is 1. The monoisotopic (exact) mass is 265 g/mol. The van der Waals surface area contributed by atoms with Crippen molar-refractivity contribution in [2.45, 2.75) is 38.6 Å². The number of aryl methyl sites for hydroxylation is 2. The number of nitrogens with two attached hydrogens (primary N) is 1. The predicted molar refractivity (Wildman–Crippen MR) is 75.2 cm³/mol. The van der Waals surface area contributed by atoms with E-state index in [0.29, 0.717) is 12.8 Å². The second kappa shape index (κ2) is 8.67. The van der Waals surface area contributed by atoms with E-state index in [0.717, 1.165) is 31.6 Å². The van der Waals surface area contributed by atoms with E-state index in [-0.39, 0.29) is 0 Å². The van der Waals surface area contributed by atoms with Gasteiger partial charge >= 0.3 is 5.97 Å². The Labute approximate surface area is 114 Å². The Bertz CT molecular complexity index is 375. The molecule has 19 heavy (non-hydrogen) atoms. The van der Waals surface area contributed by atoms with Gasteiger partial charge in [-0.25, -0.2) is 0 Å². The molecule has 1 unspecified atom stereocenters. The standard InChI is InChI=1S/C15H23NO3/c1-2-19-11-3-4-12-5-7-13(8-6-12)9-10-14(16)15(17)18/h5-8,14H,2-4,9-11,16H2,1H3,(H,17,18). The van der Waals surface area contributed by atoms with E-state index in [1.165, 1.54) is 5.56 Å². The van der Waals surface area contributed by atoms with E-state index >= 15 is 0 Å². The van der Waals surface area contributed by atoms with Gasteiger partial charge in [0.1, 0.15) is 6.04 Å². The first kappa shape index (κ1) is 15.7. The van der Waals surface area contributed by atoms with E-state index in [9.17, 15) is 4.79 Å². The number of carbonyl (C=O) groups is 1. The highest BCUT2D eigenvalue weighted by Gasteiger charge is 2.10. The average molecular weight is 265 g/mol. The van der Waals surface area contributed by atoms with E-state index in [1.54, 1.807) is 0 Å². The maximum atomic E-state index is 10.6. The van der Waals surface area contributed by atoms with Gasteiger partial charge in [-0.05, 0) is 43.7 Å². The highest BCUT2D eigenvalue weighted by atomic mass is 16.5. The smallest absolute Gasteiger partial charge is 0.320 e. The van der Waals surface area contributed by atoms with Crippen LogP contribution in [0.15, 0.2) is 24.3 Å². The molecule has 0 aliphatic heterocycles. The van der Waals surface area contributed by atoms with Gasteiger partial charge in [-0.15, -0.1) is 0 Å². The number of ether oxygens (including phenoxy) is 1. The quantitative estimate of drug-likeness (QED) is 0.670. The van der Waals surface area contributed by atoms with Crippen molar-refractivity contribution in [2.75, 3.05) is 13.2 Å². The molecule has 0 aliphatic rings. The number of hydrogen-bond acceptors (Lipinski definition) is 3. The first-order valence-corrected chi connectivity index (χ1v) is 6.77. The maximum Gasteiger partial charge on any atom is 0.320 e. The minimum Gasteiger partial charge on any atom is -0.480 e. The van der Waals surface area contributed by atoms with Crippen LogP contribution in [0, 0.1) is 0 Å². The van der Waals surface area contributed by atoms with Crippen LogP contribution in [0.5, 0.6) is 0 Å². The summed E-state index contributed by atoms with van der Waals surface area (Å²) < 4.78 is 5.30. The summed E-state index contributed by atoms with van der Waals surface area (Å²) in [5.41, 5.74) is 7.89. The number of carboxylic acid groups (broad SMARTS) is 1. The molecule has 106 valence electrons. The zero-order valence-electron chi connectivity index (χ0n) is 11.5. The lowest BCUT2D eigenvalue weighted by Crippen LogP contribution is -2.30. The SMILES string of the molecule is CCOCCCc1ccc(CCC(N)C(=O)O)cc1. The molecule has 4 heteroatoms. The van der Waals surface area contributed by atoms with E-state index < -0.39 is 12.0 Å². The summed E-state index contributed by atoms with van der Waals surface area (Å²) in [5, 5.41) is 8.71. The molecule has 0 saturated heterocycles. The number of benzene rings is 1. The Morgan fingerprint density at radius 1 is 1.26 bits per heavy atom. The van der Waals surface area contributed by atoms with E-state index in [1.807, 2.05) is 19.1 Å². The molecule has 4 nitrogen and oxygen atoms in total. The highest BCUT2D eigenvalue weighted by molar-refractivity contribution is 5.73. The maximum absolute atomic E-state index is 10.6. The Balaban J connectivity index is 2.33. The van der Waals surface area contributed by atoms with Gasteiger partial charge in [-0.3, -0.25) is 4.79 Å². The van der Waals surface area contributed by atoms with Crippen LogP contribution in [-0.2, 0) is 22.4 Å². The normalized spacial score (nSPS) is 12.3. The van der Waals surface area contributed by atoms with Gasteiger partial charge in [-0.2, -0.15) is 0 Å². The predicted octanol–water partition coefficient (Wildman–Crippen LogP) is 2.00. The fourth-order valence-corrected chi connectivity index (χ4v) is 1.84. The molecule has 0 saturated carbocycles. The molecule has 0 spiro atoms. The van der Waals surface area contributed by atoms with Crippen molar-refractivity contribution in [1.82, 2.24) is 0 Å². The summed E-state index contributed by atoms with van der Waals surface area (Å²) >= 11 is 0. The van der Waals surface area contributed by atoms with Crippen molar-refractivity contribution in [1.29, 1.82) is 0 Å². The lowest BCUT2D eigenvalue weighted by molar-refractivity contribution is -0.138. The average Bonchev–Trinajstić information content (AvgIpc) is 2.42. The number of hydrogen-bond donors (Lipinski definition) is 2. The van der Waals surface area contributed by atoms with Gasteiger partial charge in [0.05, 0.1) is 0 Å². The second-order valence-corrected chi connectivity index (χ2v) is 4.60. The van der Waals surface area contributed by atoms with Crippen LogP contribution in [0.4, 0.5) is 0 Å². The fraction of sp³-hybridized carbons (Fsp3) is 0.533. The van der Waals surface area contributed by atoms with Crippen molar-refractivity contribution >= 4 is 5.97 Å². The summed E-state index contributed by atoms with van der Waals surface area (Å²) in [5.74, 6) is -0.937. The molecule has 0 aromatic heterocycles. The summed E-state index contributed by atoms with van der Waals surface area (Å²) in [6.07, 6.45) is 3.21. The number of aliphatic carboxylic acids is 1. The molecule has 0 fully saturated rings. The van der Waals surface area contributed by atoms with Crippen molar-refractivity contribution in [3.05, 3.63) is 35.4 Å². The van der Waals surface area contributed by atoms with Crippen LogP contribution in [0.25, 0.3) is 0 Å². The molecule has 1 aromatic rings. The Morgan fingerprint density at radius 2 is 1.84 bits per heavy atom. The number of rotatable bonds is 9. The molecule has 0 radical (unpaired) electrons.